The first-order valence-corrected chi connectivity index (χ1v) is 12.0. The summed E-state index contributed by atoms with van der Waals surface area (Å²) in [5.74, 6) is 0.911. The second-order valence-corrected chi connectivity index (χ2v) is 12.8. The van der Waals surface area contributed by atoms with E-state index in [1.807, 2.05) is 0 Å². The summed E-state index contributed by atoms with van der Waals surface area (Å²) in [5, 5.41) is 3.53. The predicted octanol–water partition coefficient (Wildman–Crippen LogP) is 6.11. The van der Waals surface area contributed by atoms with Crippen LogP contribution in [-0.4, -0.2) is 13.9 Å². The third kappa shape index (κ3) is 4.90. The van der Waals surface area contributed by atoms with E-state index >= 15 is 0 Å². The van der Waals surface area contributed by atoms with Gasteiger partial charge in [0.25, 0.3) is 0 Å². The molecule has 122 valence electrons. The number of allylic oxidation sites excluding steroid dienone is 1. The van der Waals surface area contributed by atoms with E-state index in [1.165, 1.54) is 10.8 Å². The minimum Gasteiger partial charge on any atom is -0.295 e. The van der Waals surface area contributed by atoms with Gasteiger partial charge in [-0.05, 0) is 39.9 Å². The van der Waals surface area contributed by atoms with Crippen LogP contribution in [0.4, 0.5) is 0 Å². The lowest BCUT2D eigenvalue weighted by Crippen LogP contribution is -2.29. The zero-order valence-corrected chi connectivity index (χ0v) is 16.0. The Balaban J connectivity index is 2.36. The maximum Gasteiger partial charge on any atom is 0.154 e. The van der Waals surface area contributed by atoms with E-state index in [0.717, 1.165) is 17.2 Å². The van der Waals surface area contributed by atoms with Gasteiger partial charge in [-0.3, -0.25) is 4.79 Å². The molecule has 0 fully saturated rings. The highest BCUT2D eigenvalue weighted by Crippen LogP contribution is 2.24. The van der Waals surface area contributed by atoms with Crippen LogP contribution in [0.3, 0.4) is 0 Å². The fraction of sp³-hybridized carbons (Fsp3) is 0.381. The molecular weight excluding hydrogens is 296 g/mol. The Morgan fingerprint density at radius 3 is 2.30 bits per heavy atom. The number of hydrogen-bond donors (Lipinski definition) is 0. The van der Waals surface area contributed by atoms with Gasteiger partial charge in [-0.25, -0.2) is 0 Å². The van der Waals surface area contributed by atoms with Crippen molar-refractivity contribution >= 4 is 30.7 Å². The maximum atomic E-state index is 12.7. The highest BCUT2D eigenvalue weighted by molar-refractivity contribution is 6.88. The molecule has 2 heteroatoms. The van der Waals surface area contributed by atoms with Crippen LogP contribution in [0, 0.1) is 5.92 Å². The van der Waals surface area contributed by atoms with Gasteiger partial charge < -0.3 is 0 Å². The lowest BCUT2D eigenvalue weighted by atomic mass is 10.0. The van der Waals surface area contributed by atoms with Crippen molar-refractivity contribution in [2.45, 2.75) is 46.3 Å². The van der Waals surface area contributed by atoms with Crippen molar-refractivity contribution in [1.29, 1.82) is 0 Å². The van der Waals surface area contributed by atoms with E-state index < -0.39 is 8.07 Å². The predicted molar refractivity (Wildman–Crippen MR) is 104 cm³/mol. The smallest absolute Gasteiger partial charge is 0.154 e. The van der Waals surface area contributed by atoms with Crippen LogP contribution in [0.5, 0.6) is 0 Å². The van der Waals surface area contributed by atoms with Crippen molar-refractivity contribution in [3.8, 4) is 0 Å². The maximum absolute atomic E-state index is 12.7. The molecule has 0 aliphatic rings. The molecule has 0 aromatic heterocycles. The summed E-state index contributed by atoms with van der Waals surface area (Å²) >= 11 is 0. The molecule has 0 saturated heterocycles. The van der Waals surface area contributed by atoms with Crippen LogP contribution in [0.1, 0.15) is 32.3 Å². The lowest BCUT2D eigenvalue weighted by Gasteiger charge is -2.20. The number of carbonyl (C=O) groups is 1. The molecule has 0 atom stereocenters. The van der Waals surface area contributed by atoms with Crippen LogP contribution >= 0.6 is 0 Å². The standard InChI is InChI=1S/C21H28OSi/c1-16(2)10-13-20(22)21(23(3,4)5)15-17-11-12-18-8-6-7-9-19(18)14-17/h6-9,11-12,14-16H,10,13H2,1-5H3/b21-15+. The molecule has 0 aliphatic heterocycles. The fourth-order valence-electron chi connectivity index (χ4n) is 2.73. The monoisotopic (exact) mass is 324 g/mol. The minimum absolute atomic E-state index is 0.339. The topological polar surface area (TPSA) is 17.1 Å². The van der Waals surface area contributed by atoms with Crippen LogP contribution in [0.25, 0.3) is 16.8 Å². The van der Waals surface area contributed by atoms with Crippen molar-refractivity contribution < 1.29 is 4.79 Å². The quantitative estimate of drug-likeness (QED) is 0.463. The molecule has 23 heavy (non-hydrogen) atoms. The second-order valence-electron chi connectivity index (χ2n) is 7.77. The third-order valence-corrected chi connectivity index (χ3v) is 6.18. The number of hydrogen-bond acceptors (Lipinski definition) is 1. The molecule has 2 aromatic rings. The van der Waals surface area contributed by atoms with Gasteiger partial charge in [0.05, 0.1) is 8.07 Å². The Labute approximate surface area is 141 Å². The first-order valence-electron chi connectivity index (χ1n) is 8.51. The number of fused-ring (bicyclic) bond motifs is 1. The normalized spacial score (nSPS) is 12.9. The Kier molecular flexibility index (Phi) is 5.58. The molecule has 0 saturated carbocycles. The molecule has 0 heterocycles. The summed E-state index contributed by atoms with van der Waals surface area (Å²) < 4.78 is 0. The van der Waals surface area contributed by atoms with Gasteiger partial charge in [0, 0.05) is 6.42 Å². The summed E-state index contributed by atoms with van der Waals surface area (Å²) in [4.78, 5) is 12.7. The number of carbonyl (C=O) groups excluding carboxylic acids is 1. The summed E-state index contributed by atoms with van der Waals surface area (Å²) in [7, 11) is -1.66. The second kappa shape index (κ2) is 7.27. The Morgan fingerprint density at radius 2 is 1.70 bits per heavy atom. The first-order chi connectivity index (χ1) is 10.8. The zero-order valence-electron chi connectivity index (χ0n) is 15.0. The lowest BCUT2D eigenvalue weighted by molar-refractivity contribution is -0.115. The molecule has 0 aliphatic carbocycles. The van der Waals surface area contributed by atoms with Gasteiger partial charge in [0.15, 0.2) is 5.78 Å². The van der Waals surface area contributed by atoms with E-state index in [1.54, 1.807) is 0 Å². The Bertz CT molecular complexity index is 720. The van der Waals surface area contributed by atoms with Gasteiger partial charge in [-0.15, -0.1) is 0 Å². The van der Waals surface area contributed by atoms with E-state index in [-0.39, 0.29) is 0 Å². The van der Waals surface area contributed by atoms with Crippen molar-refractivity contribution in [3.05, 3.63) is 53.2 Å². The van der Waals surface area contributed by atoms with E-state index in [2.05, 4.69) is 82.0 Å². The van der Waals surface area contributed by atoms with E-state index in [0.29, 0.717) is 18.1 Å². The Morgan fingerprint density at radius 1 is 1.04 bits per heavy atom. The number of Topliss-reactive ketones (excluding diaryl/α,β-unsaturated/α-hetero) is 1. The summed E-state index contributed by atoms with van der Waals surface area (Å²) in [6, 6.07) is 14.8. The van der Waals surface area contributed by atoms with E-state index in [9.17, 15) is 4.79 Å². The molecule has 2 rings (SSSR count). The van der Waals surface area contributed by atoms with Crippen LogP contribution in [-0.2, 0) is 4.79 Å². The van der Waals surface area contributed by atoms with Gasteiger partial charge in [-0.1, -0.05) is 76.0 Å². The van der Waals surface area contributed by atoms with Crippen molar-refractivity contribution in [1.82, 2.24) is 0 Å². The first kappa shape index (κ1) is 17.7. The average Bonchev–Trinajstić information content (AvgIpc) is 2.49. The zero-order chi connectivity index (χ0) is 17.0. The molecule has 0 spiro atoms. The van der Waals surface area contributed by atoms with Crippen molar-refractivity contribution in [2.24, 2.45) is 5.92 Å². The minimum atomic E-state index is -1.66. The summed E-state index contributed by atoms with van der Waals surface area (Å²) in [5.41, 5.74) is 1.14. The third-order valence-electron chi connectivity index (χ3n) is 4.14. The highest BCUT2D eigenvalue weighted by Gasteiger charge is 2.25. The number of ketones is 1. The molecular formula is C21H28OSi. The van der Waals surface area contributed by atoms with Gasteiger partial charge in [-0.2, -0.15) is 0 Å². The summed E-state index contributed by atoms with van der Waals surface area (Å²) in [6.07, 6.45) is 3.78. The molecule has 0 radical (unpaired) electrons. The van der Waals surface area contributed by atoms with Crippen LogP contribution in [0.2, 0.25) is 19.6 Å². The SMILES string of the molecule is CC(C)CCC(=O)/C(=C\c1ccc2ccccc2c1)[Si](C)(C)C. The fourth-order valence-corrected chi connectivity index (χ4v) is 4.30. The Hall–Kier alpha value is -1.67. The molecule has 0 unspecified atom stereocenters. The molecule has 0 bridgehead atoms. The van der Waals surface area contributed by atoms with Gasteiger partial charge in [0.1, 0.15) is 0 Å². The highest BCUT2D eigenvalue weighted by atomic mass is 28.3. The van der Waals surface area contributed by atoms with E-state index in [4.69, 9.17) is 0 Å². The van der Waals surface area contributed by atoms with Crippen LogP contribution < -0.4 is 0 Å². The van der Waals surface area contributed by atoms with Crippen molar-refractivity contribution in [3.63, 3.8) is 0 Å². The molecule has 2 aromatic carbocycles. The average molecular weight is 325 g/mol. The summed E-state index contributed by atoms with van der Waals surface area (Å²) in [6.45, 7) is 11.1. The van der Waals surface area contributed by atoms with Gasteiger partial charge >= 0.3 is 0 Å². The largest absolute Gasteiger partial charge is 0.295 e. The van der Waals surface area contributed by atoms with Crippen LogP contribution in [0.15, 0.2) is 47.7 Å². The molecule has 0 N–H and O–H groups in total. The van der Waals surface area contributed by atoms with Gasteiger partial charge in [0.2, 0.25) is 0 Å². The number of rotatable bonds is 6. The molecule has 1 nitrogen and oxygen atoms in total. The molecule has 0 amide bonds. The number of benzene rings is 2. The van der Waals surface area contributed by atoms with Crippen molar-refractivity contribution in [2.75, 3.05) is 0 Å².